The molecule has 0 spiro atoms. The lowest BCUT2D eigenvalue weighted by Crippen LogP contribution is -2.59. The zero-order valence-electron chi connectivity index (χ0n) is 11.7. The molecule has 0 rings (SSSR count). The molecule has 0 heterocycles. The lowest BCUT2D eigenvalue weighted by Gasteiger charge is -2.38. The van der Waals surface area contributed by atoms with Crippen molar-refractivity contribution in [2.45, 2.75) is 33.2 Å². The maximum Gasteiger partial charge on any atom is 0.315 e. The van der Waals surface area contributed by atoms with E-state index < -0.39 is 29.0 Å². The molecule has 8 heteroatoms. The number of carbonyl (C=O) groups is 3. The first-order valence-corrected chi connectivity index (χ1v) is 5.83. The molecule has 0 atom stereocenters. The second kappa shape index (κ2) is 6.26. The Bertz CT molecular complexity index is 366. The van der Waals surface area contributed by atoms with E-state index in [0.717, 1.165) is 0 Å². The Kier molecular flexibility index (Phi) is 5.60. The molecule has 0 aromatic carbocycles. The van der Waals surface area contributed by atoms with Gasteiger partial charge in [0.1, 0.15) is 0 Å². The molecule has 0 unspecified atom stereocenters. The number of carboxylic acid groups (broad SMARTS) is 1. The van der Waals surface area contributed by atoms with Gasteiger partial charge in [-0.3, -0.25) is 4.79 Å². The number of nitrogens with one attached hydrogen (secondary N) is 3. The van der Waals surface area contributed by atoms with Gasteiger partial charge in [0.05, 0.1) is 11.0 Å². The van der Waals surface area contributed by atoms with Crippen LogP contribution >= 0.6 is 0 Å². The molecule has 19 heavy (non-hydrogen) atoms. The summed E-state index contributed by atoms with van der Waals surface area (Å²) < 4.78 is 0. The molecule has 0 bridgehead atoms. The minimum atomic E-state index is -1.13. The molecule has 4 amide bonds. The standard InChI is InChI=1S/C11H22N4O4/c1-10(2,7(16)17)11(3,4)15-9(19)14-6-5-13-8(12)18/h5-6H2,1-4H3,(H,16,17)(H3,12,13,18)(H2,14,15,19). The molecular formula is C11H22N4O4. The molecule has 0 aliphatic carbocycles. The topological polar surface area (TPSA) is 134 Å². The first-order valence-electron chi connectivity index (χ1n) is 5.83. The highest BCUT2D eigenvalue weighted by atomic mass is 16.4. The van der Waals surface area contributed by atoms with Crippen molar-refractivity contribution in [3.8, 4) is 0 Å². The van der Waals surface area contributed by atoms with E-state index in [9.17, 15) is 14.4 Å². The van der Waals surface area contributed by atoms with Gasteiger partial charge in [-0.1, -0.05) is 0 Å². The molecule has 6 N–H and O–H groups in total. The number of carbonyl (C=O) groups excluding carboxylic acids is 2. The van der Waals surface area contributed by atoms with E-state index in [4.69, 9.17) is 10.8 Å². The molecule has 0 aromatic rings. The minimum Gasteiger partial charge on any atom is -0.481 e. The Hall–Kier alpha value is -1.99. The number of hydrogen-bond donors (Lipinski definition) is 5. The third kappa shape index (κ3) is 5.02. The Morgan fingerprint density at radius 2 is 1.53 bits per heavy atom. The van der Waals surface area contributed by atoms with E-state index >= 15 is 0 Å². The number of urea groups is 2. The summed E-state index contributed by atoms with van der Waals surface area (Å²) in [5.74, 6) is -1.01. The van der Waals surface area contributed by atoms with Gasteiger partial charge in [0.2, 0.25) is 0 Å². The van der Waals surface area contributed by atoms with Crippen molar-refractivity contribution >= 4 is 18.0 Å². The quantitative estimate of drug-likeness (QED) is 0.430. The van der Waals surface area contributed by atoms with Crippen LogP contribution in [-0.2, 0) is 4.79 Å². The maximum absolute atomic E-state index is 11.6. The van der Waals surface area contributed by atoms with Crippen LogP contribution in [0.5, 0.6) is 0 Å². The number of rotatable bonds is 6. The first kappa shape index (κ1) is 17.0. The highest BCUT2D eigenvalue weighted by Gasteiger charge is 2.44. The monoisotopic (exact) mass is 274 g/mol. The second-order valence-corrected chi connectivity index (χ2v) is 5.23. The molecule has 0 saturated heterocycles. The predicted octanol–water partition coefficient (Wildman–Crippen LogP) is -0.157. The highest BCUT2D eigenvalue weighted by Crippen LogP contribution is 2.30. The Morgan fingerprint density at radius 1 is 1.05 bits per heavy atom. The average molecular weight is 274 g/mol. The van der Waals surface area contributed by atoms with Crippen molar-refractivity contribution in [1.82, 2.24) is 16.0 Å². The summed E-state index contributed by atoms with van der Waals surface area (Å²) in [4.78, 5) is 33.2. The summed E-state index contributed by atoms with van der Waals surface area (Å²) in [5.41, 5.74) is 2.78. The van der Waals surface area contributed by atoms with Crippen LogP contribution in [0.4, 0.5) is 9.59 Å². The largest absolute Gasteiger partial charge is 0.481 e. The fourth-order valence-corrected chi connectivity index (χ4v) is 1.11. The third-order valence-corrected chi connectivity index (χ3v) is 3.23. The van der Waals surface area contributed by atoms with Gasteiger partial charge in [0.15, 0.2) is 0 Å². The lowest BCUT2D eigenvalue weighted by atomic mass is 9.74. The second-order valence-electron chi connectivity index (χ2n) is 5.23. The smallest absolute Gasteiger partial charge is 0.315 e. The summed E-state index contributed by atoms with van der Waals surface area (Å²) in [6, 6.07) is -1.18. The maximum atomic E-state index is 11.6. The summed E-state index contributed by atoms with van der Waals surface area (Å²) >= 11 is 0. The molecule has 8 nitrogen and oxygen atoms in total. The summed E-state index contributed by atoms with van der Waals surface area (Å²) in [7, 11) is 0. The van der Waals surface area contributed by atoms with Gasteiger partial charge in [-0.25, -0.2) is 9.59 Å². The average Bonchev–Trinajstić information content (AvgIpc) is 2.23. The Balaban J connectivity index is 4.32. The van der Waals surface area contributed by atoms with Crippen LogP contribution < -0.4 is 21.7 Å². The van der Waals surface area contributed by atoms with Gasteiger partial charge in [0.25, 0.3) is 0 Å². The zero-order chi connectivity index (χ0) is 15.3. The summed E-state index contributed by atoms with van der Waals surface area (Å²) in [6.07, 6.45) is 0. The Labute approximate surface area is 112 Å². The molecular weight excluding hydrogens is 252 g/mol. The minimum absolute atomic E-state index is 0.193. The molecule has 0 fully saturated rings. The van der Waals surface area contributed by atoms with Crippen LogP contribution in [0.3, 0.4) is 0 Å². The fraction of sp³-hybridized carbons (Fsp3) is 0.727. The van der Waals surface area contributed by atoms with Crippen LogP contribution in [-0.4, -0.2) is 41.8 Å². The number of amides is 4. The molecule has 0 aliphatic heterocycles. The third-order valence-electron chi connectivity index (χ3n) is 3.23. The van der Waals surface area contributed by atoms with Gasteiger partial charge >= 0.3 is 18.0 Å². The van der Waals surface area contributed by atoms with Gasteiger partial charge in [-0.05, 0) is 27.7 Å². The molecule has 0 aliphatic rings. The zero-order valence-corrected chi connectivity index (χ0v) is 11.7. The van der Waals surface area contributed by atoms with Crippen LogP contribution in [0, 0.1) is 5.41 Å². The summed E-state index contributed by atoms with van der Waals surface area (Å²) in [5, 5.41) is 16.5. The van der Waals surface area contributed by atoms with Crippen LogP contribution in [0.15, 0.2) is 0 Å². The van der Waals surface area contributed by atoms with Crippen LogP contribution in [0.1, 0.15) is 27.7 Å². The van der Waals surface area contributed by atoms with Crippen LogP contribution in [0.25, 0.3) is 0 Å². The van der Waals surface area contributed by atoms with Crippen molar-refractivity contribution in [1.29, 1.82) is 0 Å². The van der Waals surface area contributed by atoms with E-state index in [1.54, 1.807) is 13.8 Å². The number of hydrogen-bond acceptors (Lipinski definition) is 3. The van der Waals surface area contributed by atoms with Gasteiger partial charge in [0, 0.05) is 13.1 Å². The fourth-order valence-electron chi connectivity index (χ4n) is 1.11. The predicted molar refractivity (Wildman–Crippen MR) is 69.6 cm³/mol. The molecule has 110 valence electrons. The lowest BCUT2D eigenvalue weighted by molar-refractivity contribution is -0.150. The number of carboxylic acids is 1. The molecule has 0 aromatic heterocycles. The van der Waals surface area contributed by atoms with E-state index in [1.165, 1.54) is 13.8 Å². The molecule has 0 radical (unpaired) electrons. The van der Waals surface area contributed by atoms with Crippen molar-refractivity contribution in [2.75, 3.05) is 13.1 Å². The van der Waals surface area contributed by atoms with Gasteiger partial charge in [-0.2, -0.15) is 0 Å². The highest BCUT2D eigenvalue weighted by molar-refractivity contribution is 5.79. The number of aliphatic carboxylic acids is 1. The summed E-state index contributed by atoms with van der Waals surface area (Å²) in [6.45, 7) is 6.71. The Morgan fingerprint density at radius 3 is 1.95 bits per heavy atom. The number of nitrogens with two attached hydrogens (primary N) is 1. The molecule has 0 saturated carbocycles. The van der Waals surface area contributed by atoms with Crippen LogP contribution in [0.2, 0.25) is 0 Å². The normalized spacial score (nSPS) is 11.6. The van der Waals surface area contributed by atoms with E-state index in [-0.39, 0.29) is 13.1 Å². The number of primary amides is 1. The van der Waals surface area contributed by atoms with E-state index in [1.807, 2.05) is 0 Å². The van der Waals surface area contributed by atoms with E-state index in [2.05, 4.69) is 16.0 Å². The van der Waals surface area contributed by atoms with Gasteiger partial charge < -0.3 is 26.8 Å². The van der Waals surface area contributed by atoms with Crippen molar-refractivity contribution < 1.29 is 19.5 Å². The van der Waals surface area contributed by atoms with Crippen molar-refractivity contribution in [3.05, 3.63) is 0 Å². The van der Waals surface area contributed by atoms with Crippen molar-refractivity contribution in [2.24, 2.45) is 11.1 Å². The first-order chi connectivity index (χ1) is 8.50. The van der Waals surface area contributed by atoms with E-state index in [0.29, 0.717) is 0 Å². The van der Waals surface area contributed by atoms with Crippen molar-refractivity contribution in [3.63, 3.8) is 0 Å². The SMILES string of the molecule is CC(C)(NC(=O)NCCNC(N)=O)C(C)(C)C(=O)O. The van der Waals surface area contributed by atoms with Gasteiger partial charge in [-0.15, -0.1) is 0 Å².